The van der Waals surface area contributed by atoms with Crippen LogP contribution in [0.3, 0.4) is 0 Å². The van der Waals surface area contributed by atoms with Crippen molar-refractivity contribution in [2.45, 2.75) is 57.8 Å². The molecule has 0 bridgehead atoms. The molecule has 0 radical (unpaired) electrons. The normalized spacial score (nSPS) is 36.4. The molecule has 4 rings (SSSR count). The van der Waals surface area contributed by atoms with Gasteiger partial charge in [0.05, 0.1) is 6.61 Å². The Hall–Kier alpha value is -1.06. The number of hydrogen-bond donors (Lipinski definition) is 1. The molecule has 1 aliphatic heterocycles. The number of hydrogen-bond acceptors (Lipinski definition) is 3. The lowest BCUT2D eigenvalue weighted by atomic mass is 9.54. The number of phenols is 1. The average Bonchev–Trinajstić information content (AvgIpc) is 2.65. The summed E-state index contributed by atoms with van der Waals surface area (Å²) in [5.74, 6) is 2.54. The zero-order valence-corrected chi connectivity index (χ0v) is 15.5. The molecule has 1 saturated heterocycles. The predicted octanol–water partition coefficient (Wildman–Crippen LogP) is 4.67. The van der Waals surface area contributed by atoms with E-state index in [9.17, 15) is 5.11 Å². The first-order chi connectivity index (χ1) is 12.2. The van der Waals surface area contributed by atoms with Gasteiger partial charge in [-0.25, -0.2) is 0 Å². The summed E-state index contributed by atoms with van der Waals surface area (Å²) in [6.45, 7) is 5.94. The van der Waals surface area contributed by atoms with Gasteiger partial charge in [-0.2, -0.15) is 0 Å². The van der Waals surface area contributed by atoms with Gasteiger partial charge >= 0.3 is 0 Å². The molecule has 1 N–H and O–H groups in total. The molecule has 25 heavy (non-hydrogen) atoms. The quantitative estimate of drug-likeness (QED) is 0.743. The maximum absolute atomic E-state index is 9.84. The van der Waals surface area contributed by atoms with Crippen molar-refractivity contribution in [1.82, 2.24) is 0 Å². The number of aromatic hydroxyl groups is 1. The van der Waals surface area contributed by atoms with E-state index < -0.39 is 0 Å². The highest BCUT2D eigenvalue weighted by Crippen LogP contribution is 2.56. The Morgan fingerprint density at radius 3 is 2.80 bits per heavy atom. The lowest BCUT2D eigenvalue weighted by Crippen LogP contribution is -2.45. The fourth-order valence-corrected chi connectivity index (χ4v) is 5.78. The fraction of sp³-hybridized carbons (Fsp3) is 0.727. The van der Waals surface area contributed by atoms with Gasteiger partial charge in [-0.15, -0.1) is 0 Å². The summed E-state index contributed by atoms with van der Waals surface area (Å²) in [4.78, 5) is 0. The molecular weight excluding hydrogens is 312 g/mol. The van der Waals surface area contributed by atoms with Crippen LogP contribution in [-0.4, -0.2) is 31.5 Å². The molecule has 2 aliphatic carbocycles. The summed E-state index contributed by atoms with van der Waals surface area (Å²) >= 11 is 0. The van der Waals surface area contributed by atoms with Crippen LogP contribution >= 0.6 is 0 Å². The predicted molar refractivity (Wildman–Crippen MR) is 99.0 cm³/mol. The number of phenolic OH excluding ortho intramolecular Hbond substituents is 1. The Morgan fingerprint density at radius 1 is 1.04 bits per heavy atom. The summed E-state index contributed by atoms with van der Waals surface area (Å²) in [5, 5.41) is 9.84. The molecule has 0 aromatic heterocycles. The smallest absolute Gasteiger partial charge is 0.115 e. The van der Waals surface area contributed by atoms with Crippen LogP contribution in [0.25, 0.3) is 0 Å². The monoisotopic (exact) mass is 344 g/mol. The largest absolute Gasteiger partial charge is 0.508 e. The molecule has 3 nitrogen and oxygen atoms in total. The minimum atomic E-state index is 0.305. The summed E-state index contributed by atoms with van der Waals surface area (Å²) in [6.07, 6.45) is 8.32. The topological polar surface area (TPSA) is 38.7 Å². The Kier molecular flexibility index (Phi) is 5.06. The van der Waals surface area contributed by atoms with Crippen LogP contribution in [0, 0.1) is 17.3 Å². The van der Waals surface area contributed by atoms with E-state index in [4.69, 9.17) is 9.47 Å². The standard InChI is InChI=1S/C22H32O3/c1-22-10-9-19-18-8-6-17(23)14-16(18)5-7-20(19)21(22)4-2-11-24-12-3-13-25-15-22/h6,8,14,19-21,23H,2-5,7,9-13,15H2,1H3/t19-,20-,21+,22-/m1/s1. The molecule has 1 aromatic rings. The van der Waals surface area contributed by atoms with Gasteiger partial charge in [0, 0.05) is 19.8 Å². The number of rotatable bonds is 0. The van der Waals surface area contributed by atoms with E-state index in [2.05, 4.69) is 13.0 Å². The van der Waals surface area contributed by atoms with E-state index in [0.717, 1.165) is 51.1 Å². The molecule has 3 aliphatic rings. The summed E-state index contributed by atoms with van der Waals surface area (Å²) in [6, 6.07) is 6.06. The molecule has 0 unspecified atom stereocenters. The van der Waals surface area contributed by atoms with E-state index >= 15 is 0 Å². The van der Waals surface area contributed by atoms with Gasteiger partial charge in [0.2, 0.25) is 0 Å². The third-order valence-electron chi connectivity index (χ3n) is 7.04. The Bertz CT molecular complexity index is 599. The van der Waals surface area contributed by atoms with E-state index in [1.54, 1.807) is 0 Å². The Morgan fingerprint density at radius 2 is 1.88 bits per heavy atom. The Labute approximate surface area is 151 Å². The van der Waals surface area contributed by atoms with Gasteiger partial charge in [-0.1, -0.05) is 13.0 Å². The van der Waals surface area contributed by atoms with Gasteiger partial charge in [-0.3, -0.25) is 0 Å². The summed E-state index contributed by atoms with van der Waals surface area (Å²) in [5.41, 5.74) is 3.18. The van der Waals surface area contributed by atoms with Crippen molar-refractivity contribution < 1.29 is 14.6 Å². The zero-order valence-electron chi connectivity index (χ0n) is 15.5. The van der Waals surface area contributed by atoms with Crippen LogP contribution < -0.4 is 0 Å². The lowest BCUT2D eigenvalue weighted by molar-refractivity contribution is -0.0452. The van der Waals surface area contributed by atoms with Gasteiger partial charge in [0.1, 0.15) is 5.75 Å². The maximum Gasteiger partial charge on any atom is 0.115 e. The van der Waals surface area contributed by atoms with E-state index in [1.807, 2.05) is 12.1 Å². The molecule has 1 heterocycles. The van der Waals surface area contributed by atoms with Crippen molar-refractivity contribution in [2.75, 3.05) is 26.4 Å². The van der Waals surface area contributed by atoms with Crippen LogP contribution in [-0.2, 0) is 15.9 Å². The van der Waals surface area contributed by atoms with Crippen LogP contribution in [0.1, 0.15) is 62.5 Å². The highest BCUT2D eigenvalue weighted by atomic mass is 16.5. The van der Waals surface area contributed by atoms with Crippen molar-refractivity contribution in [3.63, 3.8) is 0 Å². The van der Waals surface area contributed by atoms with Crippen LogP contribution in [0.4, 0.5) is 0 Å². The fourth-order valence-electron chi connectivity index (χ4n) is 5.78. The molecule has 1 saturated carbocycles. The second-order valence-corrected chi connectivity index (χ2v) is 8.65. The first-order valence-corrected chi connectivity index (χ1v) is 10.1. The SMILES string of the molecule is C[C@]12CC[C@@H]3c4ccc(O)cc4CC[C@H]3[C@@H]1CCCOCCCOC2. The van der Waals surface area contributed by atoms with E-state index in [1.165, 1.54) is 43.2 Å². The second-order valence-electron chi connectivity index (χ2n) is 8.65. The number of fused-ring (bicyclic) bond motifs is 5. The van der Waals surface area contributed by atoms with Gasteiger partial charge in [0.15, 0.2) is 0 Å². The molecule has 0 amide bonds. The van der Waals surface area contributed by atoms with E-state index in [0.29, 0.717) is 17.1 Å². The zero-order chi connectivity index (χ0) is 17.3. The third-order valence-corrected chi connectivity index (χ3v) is 7.04. The van der Waals surface area contributed by atoms with Gasteiger partial charge < -0.3 is 14.6 Å². The van der Waals surface area contributed by atoms with Gasteiger partial charge in [0.25, 0.3) is 0 Å². The molecular formula is C22H32O3. The highest BCUT2D eigenvalue weighted by molar-refractivity contribution is 5.40. The Balaban J connectivity index is 1.60. The first kappa shape index (κ1) is 17.4. The van der Waals surface area contributed by atoms with Crippen molar-refractivity contribution in [3.05, 3.63) is 29.3 Å². The molecule has 138 valence electrons. The van der Waals surface area contributed by atoms with Crippen molar-refractivity contribution >= 4 is 0 Å². The first-order valence-electron chi connectivity index (χ1n) is 10.1. The van der Waals surface area contributed by atoms with Crippen molar-refractivity contribution in [2.24, 2.45) is 17.3 Å². The van der Waals surface area contributed by atoms with E-state index in [-0.39, 0.29) is 0 Å². The molecule has 2 fully saturated rings. The molecule has 4 atom stereocenters. The minimum Gasteiger partial charge on any atom is -0.508 e. The second kappa shape index (κ2) is 7.28. The summed E-state index contributed by atoms with van der Waals surface area (Å²) < 4.78 is 11.9. The molecule has 1 aromatic carbocycles. The van der Waals surface area contributed by atoms with Crippen molar-refractivity contribution in [3.8, 4) is 5.75 Å². The number of benzene rings is 1. The number of aryl methyl sites for hydroxylation is 1. The third kappa shape index (κ3) is 3.46. The molecule has 3 heteroatoms. The lowest BCUT2D eigenvalue weighted by Gasteiger charge is -2.52. The minimum absolute atomic E-state index is 0.305. The van der Waals surface area contributed by atoms with Crippen LogP contribution in [0.5, 0.6) is 5.75 Å². The van der Waals surface area contributed by atoms with Crippen LogP contribution in [0.15, 0.2) is 18.2 Å². The highest BCUT2D eigenvalue weighted by Gasteiger charge is 2.47. The van der Waals surface area contributed by atoms with Crippen molar-refractivity contribution in [1.29, 1.82) is 0 Å². The average molecular weight is 344 g/mol. The van der Waals surface area contributed by atoms with Crippen LogP contribution in [0.2, 0.25) is 0 Å². The molecule has 0 spiro atoms. The maximum atomic E-state index is 9.84. The van der Waals surface area contributed by atoms with Gasteiger partial charge in [-0.05, 0) is 91.4 Å². The number of ether oxygens (including phenoxy) is 2. The summed E-state index contributed by atoms with van der Waals surface area (Å²) in [7, 11) is 0.